The van der Waals surface area contributed by atoms with E-state index >= 15 is 0 Å². The molecule has 1 fully saturated rings. The highest BCUT2D eigenvalue weighted by Crippen LogP contribution is 2.20. The standard InChI is InChI=1S/C16H20N4O2/c1-10(17)13-8-4-5-9-20(13)16(22)14-15(21)11-6-2-3-7-12(11)18-19-14/h2-3,6-7,10,13H,4-5,8-9,17H2,1H3,(H,18,21)/t10-,13-/m0/s1. The molecule has 0 spiro atoms. The number of para-hydroxylation sites is 1. The average molecular weight is 300 g/mol. The topological polar surface area (TPSA) is 92.1 Å². The number of nitrogens with one attached hydrogen (secondary N) is 1. The lowest BCUT2D eigenvalue weighted by molar-refractivity contribution is 0.0575. The van der Waals surface area contributed by atoms with E-state index in [1.165, 1.54) is 0 Å². The Balaban J connectivity index is 2.01. The summed E-state index contributed by atoms with van der Waals surface area (Å²) in [6.45, 7) is 2.52. The number of nitrogens with two attached hydrogens (primary N) is 1. The van der Waals surface area contributed by atoms with Crippen LogP contribution in [0.1, 0.15) is 36.7 Å². The van der Waals surface area contributed by atoms with E-state index in [0.29, 0.717) is 17.4 Å². The lowest BCUT2D eigenvalue weighted by atomic mass is 9.96. The van der Waals surface area contributed by atoms with Gasteiger partial charge in [-0.3, -0.25) is 14.7 Å². The highest BCUT2D eigenvalue weighted by Gasteiger charge is 2.32. The molecule has 1 aliphatic heterocycles. The molecule has 0 bridgehead atoms. The second kappa shape index (κ2) is 5.88. The van der Waals surface area contributed by atoms with Gasteiger partial charge in [0.1, 0.15) is 0 Å². The first-order chi connectivity index (χ1) is 10.6. The van der Waals surface area contributed by atoms with Crippen LogP contribution >= 0.6 is 0 Å². The molecule has 0 radical (unpaired) electrons. The monoisotopic (exact) mass is 300 g/mol. The summed E-state index contributed by atoms with van der Waals surface area (Å²) in [5, 5.41) is 7.28. The maximum absolute atomic E-state index is 12.8. The fourth-order valence-electron chi connectivity index (χ4n) is 3.11. The van der Waals surface area contributed by atoms with Crippen LogP contribution in [-0.2, 0) is 0 Å². The largest absolute Gasteiger partial charge is 0.333 e. The van der Waals surface area contributed by atoms with E-state index < -0.39 is 0 Å². The molecular weight excluding hydrogens is 280 g/mol. The zero-order valence-corrected chi connectivity index (χ0v) is 12.6. The summed E-state index contributed by atoms with van der Waals surface area (Å²) in [6.07, 6.45) is 2.85. The molecule has 116 valence electrons. The van der Waals surface area contributed by atoms with Crippen LogP contribution in [0.3, 0.4) is 0 Å². The molecule has 2 aromatic rings. The maximum Gasteiger partial charge on any atom is 0.278 e. The minimum Gasteiger partial charge on any atom is -0.333 e. The van der Waals surface area contributed by atoms with Crippen LogP contribution < -0.4 is 11.2 Å². The van der Waals surface area contributed by atoms with Gasteiger partial charge in [0.15, 0.2) is 5.69 Å². The van der Waals surface area contributed by atoms with Crippen molar-refractivity contribution >= 4 is 16.8 Å². The lowest BCUT2D eigenvalue weighted by Crippen LogP contribution is -2.52. The number of aromatic amines is 1. The number of hydrogen-bond acceptors (Lipinski definition) is 4. The number of carbonyl (C=O) groups excluding carboxylic acids is 1. The molecule has 1 amide bonds. The van der Waals surface area contributed by atoms with Gasteiger partial charge in [0.05, 0.1) is 5.52 Å². The fourth-order valence-corrected chi connectivity index (χ4v) is 3.11. The first-order valence-corrected chi connectivity index (χ1v) is 7.63. The van der Waals surface area contributed by atoms with E-state index in [-0.39, 0.29) is 29.1 Å². The Morgan fingerprint density at radius 3 is 2.95 bits per heavy atom. The van der Waals surface area contributed by atoms with E-state index in [0.717, 1.165) is 19.3 Å². The molecule has 0 saturated carbocycles. The van der Waals surface area contributed by atoms with Gasteiger partial charge >= 0.3 is 0 Å². The van der Waals surface area contributed by atoms with Crippen molar-refractivity contribution in [2.24, 2.45) is 5.73 Å². The third-order valence-electron chi connectivity index (χ3n) is 4.29. The Morgan fingerprint density at radius 2 is 2.18 bits per heavy atom. The normalized spacial score (nSPS) is 20.1. The van der Waals surface area contributed by atoms with Gasteiger partial charge in [-0.15, -0.1) is 0 Å². The van der Waals surface area contributed by atoms with Crippen LogP contribution in [0, 0.1) is 0 Å². The number of fused-ring (bicyclic) bond motifs is 1. The number of likely N-dealkylation sites (tertiary alicyclic amines) is 1. The van der Waals surface area contributed by atoms with Gasteiger partial charge < -0.3 is 10.6 Å². The van der Waals surface area contributed by atoms with Crippen molar-refractivity contribution in [2.45, 2.75) is 38.3 Å². The SMILES string of the molecule is C[C@H](N)[C@@H]1CCCCN1C(=O)c1n[nH]c2ccccc2c1=O. The number of carbonyl (C=O) groups is 1. The van der Waals surface area contributed by atoms with Crippen molar-refractivity contribution in [3.05, 3.63) is 40.2 Å². The van der Waals surface area contributed by atoms with Gasteiger partial charge in [-0.2, -0.15) is 5.10 Å². The van der Waals surface area contributed by atoms with Gasteiger partial charge in [-0.1, -0.05) is 12.1 Å². The molecule has 3 N–H and O–H groups in total. The van der Waals surface area contributed by atoms with Gasteiger partial charge in [-0.05, 0) is 38.3 Å². The fraction of sp³-hybridized carbons (Fsp3) is 0.438. The molecule has 1 aliphatic rings. The summed E-state index contributed by atoms with van der Waals surface area (Å²) < 4.78 is 0. The molecule has 2 atom stereocenters. The van der Waals surface area contributed by atoms with Gasteiger partial charge in [-0.25, -0.2) is 0 Å². The number of nitrogens with zero attached hydrogens (tertiary/aromatic N) is 2. The number of aromatic nitrogens is 2. The number of amides is 1. The summed E-state index contributed by atoms with van der Waals surface area (Å²) in [4.78, 5) is 27.0. The minimum atomic E-state index is -0.326. The van der Waals surface area contributed by atoms with Crippen LogP contribution in [0.5, 0.6) is 0 Å². The molecule has 22 heavy (non-hydrogen) atoms. The smallest absolute Gasteiger partial charge is 0.278 e. The highest BCUT2D eigenvalue weighted by molar-refractivity contribution is 5.95. The molecule has 6 nitrogen and oxygen atoms in total. The molecule has 1 aromatic heterocycles. The van der Waals surface area contributed by atoms with E-state index in [1.807, 2.05) is 13.0 Å². The summed E-state index contributed by atoms with van der Waals surface area (Å²) in [5.41, 5.74) is 6.26. The van der Waals surface area contributed by atoms with Gasteiger partial charge in [0, 0.05) is 24.0 Å². The summed E-state index contributed by atoms with van der Waals surface area (Å²) in [7, 11) is 0. The predicted octanol–water partition coefficient (Wildman–Crippen LogP) is 1.26. The molecule has 1 saturated heterocycles. The van der Waals surface area contributed by atoms with E-state index in [9.17, 15) is 9.59 Å². The Bertz CT molecular complexity index is 753. The zero-order valence-electron chi connectivity index (χ0n) is 12.6. The van der Waals surface area contributed by atoms with Crippen LogP contribution in [0.25, 0.3) is 10.9 Å². The average Bonchev–Trinajstić information content (AvgIpc) is 2.55. The molecule has 3 rings (SSSR count). The molecule has 0 unspecified atom stereocenters. The Morgan fingerprint density at radius 1 is 1.41 bits per heavy atom. The van der Waals surface area contributed by atoms with Crippen LogP contribution in [0.15, 0.2) is 29.1 Å². The number of rotatable bonds is 2. The number of H-pyrrole nitrogens is 1. The Labute approximate surface area is 128 Å². The molecule has 0 aliphatic carbocycles. The highest BCUT2D eigenvalue weighted by atomic mass is 16.2. The summed E-state index contributed by atoms with van der Waals surface area (Å²) >= 11 is 0. The minimum absolute atomic E-state index is 0.0334. The third-order valence-corrected chi connectivity index (χ3v) is 4.29. The van der Waals surface area contributed by atoms with Crippen LogP contribution in [-0.4, -0.2) is 39.6 Å². The second-order valence-corrected chi connectivity index (χ2v) is 5.87. The maximum atomic E-state index is 12.8. The Hall–Kier alpha value is -2.21. The predicted molar refractivity (Wildman–Crippen MR) is 84.7 cm³/mol. The number of benzene rings is 1. The lowest BCUT2D eigenvalue weighted by Gasteiger charge is -2.37. The second-order valence-electron chi connectivity index (χ2n) is 5.87. The Kier molecular flexibility index (Phi) is 3.94. The van der Waals surface area contributed by atoms with Gasteiger partial charge in [0.25, 0.3) is 5.91 Å². The molecule has 2 heterocycles. The van der Waals surface area contributed by atoms with E-state index in [1.54, 1.807) is 23.1 Å². The van der Waals surface area contributed by atoms with Crippen molar-refractivity contribution in [1.29, 1.82) is 0 Å². The van der Waals surface area contributed by atoms with Crippen LogP contribution in [0.4, 0.5) is 0 Å². The summed E-state index contributed by atoms with van der Waals surface area (Å²) in [6, 6.07) is 6.91. The molecular formula is C16H20N4O2. The van der Waals surface area contributed by atoms with Crippen molar-refractivity contribution in [3.8, 4) is 0 Å². The van der Waals surface area contributed by atoms with E-state index in [4.69, 9.17) is 5.73 Å². The third kappa shape index (κ3) is 2.50. The molecule has 6 heteroatoms. The first kappa shape index (κ1) is 14.7. The van der Waals surface area contributed by atoms with Crippen molar-refractivity contribution in [3.63, 3.8) is 0 Å². The zero-order chi connectivity index (χ0) is 15.7. The number of hydrogen-bond donors (Lipinski definition) is 2. The van der Waals surface area contributed by atoms with E-state index in [2.05, 4.69) is 10.2 Å². The first-order valence-electron chi connectivity index (χ1n) is 7.63. The van der Waals surface area contributed by atoms with Gasteiger partial charge in [0.2, 0.25) is 5.43 Å². The van der Waals surface area contributed by atoms with Crippen molar-refractivity contribution in [1.82, 2.24) is 15.1 Å². The van der Waals surface area contributed by atoms with Crippen LogP contribution in [0.2, 0.25) is 0 Å². The van der Waals surface area contributed by atoms with Crippen molar-refractivity contribution in [2.75, 3.05) is 6.54 Å². The quantitative estimate of drug-likeness (QED) is 0.873. The summed E-state index contributed by atoms with van der Waals surface area (Å²) in [5.74, 6) is -0.325. The van der Waals surface area contributed by atoms with Crippen molar-refractivity contribution < 1.29 is 4.79 Å². The number of piperidine rings is 1. The molecule has 1 aromatic carbocycles.